The van der Waals surface area contributed by atoms with Crippen LogP contribution in [-0.4, -0.2) is 9.13 Å². The molecule has 316 valence electrons. The van der Waals surface area contributed by atoms with E-state index in [1.807, 2.05) is 0 Å². The van der Waals surface area contributed by atoms with E-state index in [9.17, 15) is 0 Å². The minimum Gasteiger partial charge on any atom is -0.310 e. The molecule has 68 heavy (non-hydrogen) atoms. The van der Waals surface area contributed by atoms with E-state index in [4.69, 9.17) is 0 Å². The number of anilines is 3. The summed E-state index contributed by atoms with van der Waals surface area (Å²) in [7, 11) is 0. The molecule has 2 aliphatic rings. The standard InChI is InChI=1S/C65H41N3/c1-2-20-43(21-3-1)67-59-32-14-9-26-50(59)52-38-36-44(40-62(52)67)66(45-37-39-53-51-27-10-15-33-60(51)68(63(53)41-45)58-34-16-19-42-18-4-5-22-46(42)58)61-35-17-28-54-49-25-8-13-31-57(49)65(64(54)61)55-29-11-6-23-47(55)48-24-7-12-30-56(48)65/h1-41H. The normalized spacial score (nSPS) is 13.1. The van der Waals surface area contributed by atoms with E-state index >= 15 is 0 Å². The Bertz CT molecular complexity index is 4160. The van der Waals surface area contributed by atoms with Gasteiger partial charge < -0.3 is 14.0 Å². The number of fused-ring (bicyclic) bond motifs is 17. The van der Waals surface area contributed by atoms with Crippen LogP contribution in [0.15, 0.2) is 249 Å². The van der Waals surface area contributed by atoms with E-state index in [-0.39, 0.29) is 0 Å². The summed E-state index contributed by atoms with van der Waals surface area (Å²) in [6, 6.07) is 92.6. The maximum Gasteiger partial charge on any atom is 0.0746 e. The van der Waals surface area contributed by atoms with Crippen LogP contribution < -0.4 is 4.90 Å². The van der Waals surface area contributed by atoms with Gasteiger partial charge in [-0.1, -0.05) is 188 Å². The van der Waals surface area contributed by atoms with Gasteiger partial charge in [0.2, 0.25) is 0 Å². The first-order valence-electron chi connectivity index (χ1n) is 23.6. The van der Waals surface area contributed by atoms with Crippen LogP contribution >= 0.6 is 0 Å². The van der Waals surface area contributed by atoms with Crippen LogP contribution in [0.5, 0.6) is 0 Å². The van der Waals surface area contributed by atoms with Gasteiger partial charge in [0.25, 0.3) is 0 Å². The maximum atomic E-state index is 2.56. The molecule has 0 unspecified atom stereocenters. The van der Waals surface area contributed by atoms with E-state index in [0.717, 1.165) is 33.8 Å². The smallest absolute Gasteiger partial charge is 0.0746 e. The third-order valence-corrected chi connectivity index (χ3v) is 15.1. The molecule has 13 aromatic rings. The molecule has 0 amide bonds. The minimum absolute atomic E-state index is 0.557. The number of benzene rings is 11. The van der Waals surface area contributed by atoms with Gasteiger partial charge in [0.15, 0.2) is 0 Å². The Hall–Kier alpha value is -8.92. The summed E-state index contributed by atoms with van der Waals surface area (Å²) in [5.74, 6) is 0. The van der Waals surface area contributed by atoms with Crippen molar-refractivity contribution in [1.29, 1.82) is 0 Å². The number of nitrogens with zero attached hydrogens (tertiary/aromatic N) is 3. The molecule has 11 aromatic carbocycles. The Labute approximate surface area is 393 Å². The highest BCUT2D eigenvalue weighted by molar-refractivity contribution is 6.13. The second-order valence-corrected chi connectivity index (χ2v) is 18.4. The fraction of sp³-hybridized carbons (Fsp3) is 0.0154. The van der Waals surface area contributed by atoms with Crippen LogP contribution in [0, 0.1) is 0 Å². The lowest BCUT2D eigenvalue weighted by Crippen LogP contribution is -2.28. The van der Waals surface area contributed by atoms with E-state index in [1.165, 1.54) is 93.5 Å². The van der Waals surface area contributed by atoms with Gasteiger partial charge >= 0.3 is 0 Å². The Morgan fingerprint density at radius 2 is 0.765 bits per heavy atom. The third-order valence-electron chi connectivity index (χ3n) is 15.1. The predicted molar refractivity (Wildman–Crippen MR) is 284 cm³/mol. The lowest BCUT2D eigenvalue weighted by atomic mass is 9.70. The first kappa shape index (κ1) is 37.3. The summed E-state index contributed by atoms with van der Waals surface area (Å²) >= 11 is 0. The van der Waals surface area contributed by atoms with Crippen molar-refractivity contribution in [3.63, 3.8) is 0 Å². The van der Waals surface area contributed by atoms with Crippen molar-refractivity contribution in [3.8, 4) is 33.6 Å². The molecule has 1 spiro atoms. The maximum absolute atomic E-state index is 2.56. The highest BCUT2D eigenvalue weighted by atomic mass is 15.2. The lowest BCUT2D eigenvalue weighted by molar-refractivity contribution is 0.793. The minimum atomic E-state index is -0.557. The average molecular weight is 864 g/mol. The van der Waals surface area contributed by atoms with E-state index < -0.39 is 5.41 Å². The number of hydrogen-bond donors (Lipinski definition) is 0. The molecule has 0 saturated heterocycles. The summed E-state index contributed by atoms with van der Waals surface area (Å²) in [6.45, 7) is 0. The molecule has 0 saturated carbocycles. The van der Waals surface area contributed by atoms with Crippen LogP contribution in [0.1, 0.15) is 22.3 Å². The topological polar surface area (TPSA) is 13.1 Å². The van der Waals surface area contributed by atoms with Crippen molar-refractivity contribution in [3.05, 3.63) is 271 Å². The molecular formula is C65H41N3. The van der Waals surface area contributed by atoms with Gasteiger partial charge in [0, 0.05) is 49.6 Å². The zero-order valence-corrected chi connectivity index (χ0v) is 37.0. The molecular weight excluding hydrogens is 823 g/mol. The first-order chi connectivity index (χ1) is 33.8. The quantitative estimate of drug-likeness (QED) is 0.168. The number of hydrogen-bond acceptors (Lipinski definition) is 1. The molecule has 0 radical (unpaired) electrons. The summed E-state index contributed by atoms with van der Waals surface area (Å²) in [5, 5.41) is 7.35. The second-order valence-electron chi connectivity index (χ2n) is 18.4. The van der Waals surface area contributed by atoms with Crippen LogP contribution in [-0.2, 0) is 5.41 Å². The van der Waals surface area contributed by atoms with Crippen molar-refractivity contribution in [2.24, 2.45) is 0 Å². The lowest BCUT2D eigenvalue weighted by Gasteiger charge is -2.36. The largest absolute Gasteiger partial charge is 0.310 e. The Morgan fingerprint density at radius 3 is 1.41 bits per heavy atom. The van der Waals surface area contributed by atoms with Gasteiger partial charge in [-0.25, -0.2) is 0 Å². The molecule has 3 nitrogen and oxygen atoms in total. The van der Waals surface area contributed by atoms with Gasteiger partial charge in [0.05, 0.1) is 38.9 Å². The van der Waals surface area contributed by atoms with Gasteiger partial charge in [-0.05, 0) is 105 Å². The molecule has 2 heterocycles. The average Bonchev–Trinajstić information content (AvgIpc) is 4.11. The van der Waals surface area contributed by atoms with Crippen molar-refractivity contribution >= 4 is 71.4 Å². The van der Waals surface area contributed by atoms with E-state index in [2.05, 4.69) is 263 Å². The first-order valence-corrected chi connectivity index (χ1v) is 23.6. The summed E-state index contributed by atoms with van der Waals surface area (Å²) in [6.07, 6.45) is 0. The van der Waals surface area contributed by atoms with Crippen LogP contribution in [0.4, 0.5) is 17.1 Å². The van der Waals surface area contributed by atoms with Crippen molar-refractivity contribution in [1.82, 2.24) is 9.13 Å². The van der Waals surface area contributed by atoms with Crippen molar-refractivity contribution in [2.45, 2.75) is 5.41 Å². The summed E-state index contributed by atoms with van der Waals surface area (Å²) in [5.41, 5.74) is 20.2. The fourth-order valence-electron chi connectivity index (χ4n) is 12.5. The van der Waals surface area contributed by atoms with Crippen LogP contribution in [0.25, 0.3) is 88.0 Å². The molecule has 2 aromatic heterocycles. The zero-order chi connectivity index (χ0) is 44.5. The molecule has 0 N–H and O–H groups in total. The van der Waals surface area contributed by atoms with Gasteiger partial charge in [-0.3, -0.25) is 0 Å². The molecule has 0 fully saturated rings. The van der Waals surface area contributed by atoms with E-state index in [0.29, 0.717) is 0 Å². The molecule has 0 bridgehead atoms. The zero-order valence-electron chi connectivity index (χ0n) is 37.0. The Kier molecular flexibility index (Phi) is 7.71. The van der Waals surface area contributed by atoms with Gasteiger partial charge in [-0.2, -0.15) is 0 Å². The highest BCUT2D eigenvalue weighted by Crippen LogP contribution is 2.65. The van der Waals surface area contributed by atoms with Crippen molar-refractivity contribution < 1.29 is 0 Å². The van der Waals surface area contributed by atoms with Crippen LogP contribution in [0.2, 0.25) is 0 Å². The molecule has 0 aliphatic heterocycles. The fourth-order valence-corrected chi connectivity index (χ4v) is 12.5. The monoisotopic (exact) mass is 863 g/mol. The molecule has 0 atom stereocenters. The molecule has 15 rings (SSSR count). The summed E-state index contributed by atoms with van der Waals surface area (Å²) < 4.78 is 4.92. The van der Waals surface area contributed by atoms with Gasteiger partial charge in [0.1, 0.15) is 0 Å². The van der Waals surface area contributed by atoms with E-state index in [1.54, 1.807) is 0 Å². The third kappa shape index (κ3) is 4.92. The predicted octanol–water partition coefficient (Wildman–Crippen LogP) is 16.8. The Balaban J connectivity index is 1.08. The van der Waals surface area contributed by atoms with Crippen LogP contribution in [0.3, 0.4) is 0 Å². The number of aromatic nitrogens is 2. The van der Waals surface area contributed by atoms with Gasteiger partial charge in [-0.15, -0.1) is 0 Å². The number of para-hydroxylation sites is 3. The number of rotatable bonds is 5. The second kappa shape index (κ2) is 14.0. The van der Waals surface area contributed by atoms with Crippen molar-refractivity contribution in [2.75, 3.05) is 4.90 Å². The molecule has 2 aliphatic carbocycles. The summed E-state index contributed by atoms with van der Waals surface area (Å²) in [4.78, 5) is 2.56. The SMILES string of the molecule is c1ccc(-n2c3ccccc3c3ccc(N(c4ccc5c6ccccc6n(-c6cccc7ccccc67)c5c4)c4cccc5c4C4(c6ccccc6-c6ccccc64)c4ccccc4-5)cc32)cc1. The molecule has 3 heteroatoms. The highest BCUT2D eigenvalue weighted by Gasteiger charge is 2.53. The Morgan fingerprint density at radius 1 is 0.309 bits per heavy atom.